The molecule has 1 aliphatic heterocycles. The molecule has 5 heteroatoms. The fourth-order valence-corrected chi connectivity index (χ4v) is 2.47. The van der Waals surface area contributed by atoms with Crippen molar-refractivity contribution in [2.24, 2.45) is 0 Å². The number of likely N-dealkylation sites (tertiary alicyclic amines) is 1. The Labute approximate surface area is 107 Å². The molecular weight excluding hydrogens is 230 g/mol. The molecule has 1 N–H and O–H groups in total. The van der Waals surface area contributed by atoms with Gasteiger partial charge in [-0.15, -0.1) is 0 Å². The Kier molecular flexibility index (Phi) is 3.91. The molecule has 18 heavy (non-hydrogen) atoms. The van der Waals surface area contributed by atoms with Gasteiger partial charge in [-0.1, -0.05) is 0 Å². The van der Waals surface area contributed by atoms with Crippen LogP contribution in [0.25, 0.3) is 0 Å². The minimum atomic E-state index is -0.786. The first-order valence-electron chi connectivity index (χ1n) is 6.33. The molecule has 1 atom stereocenters. The summed E-state index contributed by atoms with van der Waals surface area (Å²) in [5.74, 6) is -0.0565. The summed E-state index contributed by atoms with van der Waals surface area (Å²) >= 11 is 0. The first kappa shape index (κ1) is 13.0. The molecule has 0 spiro atoms. The van der Waals surface area contributed by atoms with Crippen LogP contribution >= 0.6 is 0 Å². The Bertz CT molecular complexity index is 448. The minimum absolute atomic E-state index is 0.121. The number of rotatable bonds is 4. The highest BCUT2D eigenvalue weighted by atomic mass is 16.4. The van der Waals surface area contributed by atoms with E-state index in [1.807, 2.05) is 13.0 Å². The smallest absolute Gasteiger partial charge is 0.303 e. The molecule has 1 aliphatic rings. The van der Waals surface area contributed by atoms with Gasteiger partial charge >= 0.3 is 5.97 Å². The van der Waals surface area contributed by atoms with Gasteiger partial charge in [-0.25, -0.2) is 9.97 Å². The highest BCUT2D eigenvalue weighted by Crippen LogP contribution is 2.29. The number of aryl methyl sites for hydroxylation is 2. The molecule has 0 radical (unpaired) electrons. The van der Waals surface area contributed by atoms with E-state index >= 15 is 0 Å². The normalized spacial score (nSPS) is 20.2. The SMILES string of the molecule is Cc1nc(CCC(=O)O)cc([C@@H]2CCCN2C)n1. The van der Waals surface area contributed by atoms with Crippen molar-refractivity contribution in [3.8, 4) is 0 Å². The summed E-state index contributed by atoms with van der Waals surface area (Å²) in [7, 11) is 2.10. The fraction of sp³-hybridized carbons (Fsp3) is 0.615. The Balaban J connectivity index is 2.18. The first-order valence-corrected chi connectivity index (χ1v) is 6.33. The van der Waals surface area contributed by atoms with Crippen LogP contribution in [0.2, 0.25) is 0 Å². The Hall–Kier alpha value is -1.49. The van der Waals surface area contributed by atoms with E-state index < -0.39 is 5.97 Å². The van der Waals surface area contributed by atoms with Crippen molar-refractivity contribution in [2.45, 2.75) is 38.6 Å². The lowest BCUT2D eigenvalue weighted by molar-refractivity contribution is -0.136. The van der Waals surface area contributed by atoms with E-state index in [-0.39, 0.29) is 6.42 Å². The quantitative estimate of drug-likeness (QED) is 0.877. The van der Waals surface area contributed by atoms with E-state index in [4.69, 9.17) is 5.11 Å². The highest BCUT2D eigenvalue weighted by molar-refractivity contribution is 5.66. The van der Waals surface area contributed by atoms with Gasteiger partial charge in [-0.05, 0) is 39.4 Å². The van der Waals surface area contributed by atoms with Crippen LogP contribution in [0.5, 0.6) is 0 Å². The van der Waals surface area contributed by atoms with E-state index in [1.165, 1.54) is 6.42 Å². The van der Waals surface area contributed by atoms with Crippen molar-refractivity contribution in [3.05, 3.63) is 23.3 Å². The van der Waals surface area contributed by atoms with Gasteiger partial charge < -0.3 is 5.11 Å². The van der Waals surface area contributed by atoms with Gasteiger partial charge in [0.25, 0.3) is 0 Å². The highest BCUT2D eigenvalue weighted by Gasteiger charge is 2.24. The van der Waals surface area contributed by atoms with Crippen LogP contribution in [0.3, 0.4) is 0 Å². The van der Waals surface area contributed by atoms with E-state index in [2.05, 4.69) is 21.9 Å². The molecular formula is C13H19N3O2. The number of carbonyl (C=O) groups is 1. The maximum Gasteiger partial charge on any atom is 0.303 e. The third-order valence-electron chi connectivity index (χ3n) is 3.37. The number of carboxylic acid groups (broad SMARTS) is 1. The topological polar surface area (TPSA) is 66.3 Å². The number of carboxylic acids is 1. The van der Waals surface area contributed by atoms with Gasteiger partial charge in [0.1, 0.15) is 5.82 Å². The molecule has 98 valence electrons. The Morgan fingerprint density at radius 1 is 1.56 bits per heavy atom. The van der Waals surface area contributed by atoms with Crippen LogP contribution in [0.1, 0.15) is 42.5 Å². The largest absolute Gasteiger partial charge is 0.481 e. The lowest BCUT2D eigenvalue weighted by atomic mass is 10.1. The molecule has 0 aliphatic carbocycles. The van der Waals surface area contributed by atoms with Crippen LogP contribution in [0, 0.1) is 6.92 Å². The summed E-state index contributed by atoms with van der Waals surface area (Å²) < 4.78 is 0. The van der Waals surface area contributed by atoms with Crippen LogP contribution in [-0.4, -0.2) is 39.5 Å². The third-order valence-corrected chi connectivity index (χ3v) is 3.37. The predicted molar refractivity (Wildman–Crippen MR) is 67.3 cm³/mol. The average Bonchev–Trinajstić information content (AvgIpc) is 2.72. The monoisotopic (exact) mass is 249 g/mol. The molecule has 1 saturated heterocycles. The molecule has 0 amide bonds. The number of hydrogen-bond donors (Lipinski definition) is 1. The van der Waals surface area contributed by atoms with Gasteiger partial charge in [0.05, 0.1) is 18.2 Å². The molecule has 1 aromatic heterocycles. The number of hydrogen-bond acceptors (Lipinski definition) is 4. The van der Waals surface area contributed by atoms with Gasteiger partial charge in [0, 0.05) is 12.1 Å². The van der Waals surface area contributed by atoms with Crippen molar-refractivity contribution < 1.29 is 9.90 Å². The van der Waals surface area contributed by atoms with Crippen molar-refractivity contribution in [1.29, 1.82) is 0 Å². The van der Waals surface area contributed by atoms with Crippen LogP contribution in [0.15, 0.2) is 6.07 Å². The van der Waals surface area contributed by atoms with Gasteiger partial charge in [-0.2, -0.15) is 0 Å². The van der Waals surface area contributed by atoms with Crippen LogP contribution < -0.4 is 0 Å². The van der Waals surface area contributed by atoms with E-state index in [9.17, 15) is 4.79 Å². The molecule has 2 rings (SSSR count). The van der Waals surface area contributed by atoms with Crippen LogP contribution in [0.4, 0.5) is 0 Å². The van der Waals surface area contributed by atoms with Crippen molar-refractivity contribution in [2.75, 3.05) is 13.6 Å². The number of aliphatic carboxylic acids is 1. The van der Waals surface area contributed by atoms with Gasteiger partial charge in [0.15, 0.2) is 0 Å². The summed E-state index contributed by atoms with van der Waals surface area (Å²) in [4.78, 5) is 21.7. The summed E-state index contributed by atoms with van der Waals surface area (Å²) in [5, 5.41) is 8.72. The van der Waals surface area contributed by atoms with Gasteiger partial charge in [0.2, 0.25) is 0 Å². The third kappa shape index (κ3) is 3.04. The summed E-state index contributed by atoms with van der Waals surface area (Å²) in [6, 6.07) is 2.32. The minimum Gasteiger partial charge on any atom is -0.481 e. The summed E-state index contributed by atoms with van der Waals surface area (Å²) in [5.41, 5.74) is 1.86. The second-order valence-corrected chi connectivity index (χ2v) is 4.86. The standard InChI is InChI=1S/C13H19N3O2/c1-9-14-10(5-6-13(17)18)8-11(15-9)12-4-3-7-16(12)2/h8,12H,3-7H2,1-2H3,(H,17,18)/t12-/m0/s1. The van der Waals surface area contributed by atoms with Crippen molar-refractivity contribution >= 4 is 5.97 Å². The lowest BCUT2D eigenvalue weighted by Gasteiger charge is -2.19. The van der Waals surface area contributed by atoms with Crippen LogP contribution in [-0.2, 0) is 11.2 Å². The predicted octanol–water partition coefficient (Wildman–Crippen LogP) is 1.57. The fourth-order valence-electron chi connectivity index (χ4n) is 2.47. The molecule has 1 fully saturated rings. The van der Waals surface area contributed by atoms with E-state index in [0.717, 1.165) is 30.2 Å². The Morgan fingerprint density at radius 2 is 2.33 bits per heavy atom. The number of nitrogens with zero attached hydrogens (tertiary/aromatic N) is 3. The maximum atomic E-state index is 10.6. The molecule has 0 saturated carbocycles. The second-order valence-electron chi connectivity index (χ2n) is 4.86. The van der Waals surface area contributed by atoms with Crippen molar-refractivity contribution in [1.82, 2.24) is 14.9 Å². The molecule has 0 unspecified atom stereocenters. The maximum absolute atomic E-state index is 10.6. The molecule has 5 nitrogen and oxygen atoms in total. The number of aromatic nitrogens is 2. The van der Waals surface area contributed by atoms with E-state index in [1.54, 1.807) is 0 Å². The Morgan fingerprint density at radius 3 is 2.94 bits per heavy atom. The molecule has 2 heterocycles. The van der Waals surface area contributed by atoms with Crippen molar-refractivity contribution in [3.63, 3.8) is 0 Å². The zero-order chi connectivity index (χ0) is 13.1. The van der Waals surface area contributed by atoms with Gasteiger partial charge in [-0.3, -0.25) is 9.69 Å². The second kappa shape index (κ2) is 5.44. The zero-order valence-electron chi connectivity index (χ0n) is 10.9. The van der Waals surface area contributed by atoms with E-state index in [0.29, 0.717) is 12.5 Å². The lowest BCUT2D eigenvalue weighted by Crippen LogP contribution is -2.19. The summed E-state index contributed by atoms with van der Waals surface area (Å²) in [6.07, 6.45) is 2.90. The molecule has 1 aromatic rings. The molecule has 0 bridgehead atoms. The average molecular weight is 249 g/mol. The first-order chi connectivity index (χ1) is 8.56. The molecule has 0 aromatic carbocycles. The summed E-state index contributed by atoms with van der Waals surface area (Å²) in [6.45, 7) is 2.96. The zero-order valence-corrected chi connectivity index (χ0v) is 10.9.